The first kappa shape index (κ1) is 7.14. The van der Waals surface area contributed by atoms with Crippen LogP contribution in [-0.2, 0) is 4.79 Å². The van der Waals surface area contributed by atoms with Crippen LogP contribution in [0.1, 0.15) is 13.8 Å². The van der Waals surface area contributed by atoms with Crippen molar-refractivity contribution in [3.05, 3.63) is 0 Å². The van der Waals surface area contributed by atoms with Crippen LogP contribution in [0.15, 0.2) is 0 Å². The summed E-state index contributed by atoms with van der Waals surface area (Å²) in [6.07, 6.45) is 0. The van der Waals surface area contributed by atoms with E-state index in [2.05, 4.69) is 5.32 Å². The summed E-state index contributed by atoms with van der Waals surface area (Å²) >= 11 is 0. The fourth-order valence-electron chi connectivity index (χ4n) is 0.293. The van der Waals surface area contributed by atoms with Crippen molar-refractivity contribution in [2.75, 3.05) is 6.54 Å². The minimum absolute atomic E-state index is 0.0619. The Morgan fingerprint density at radius 3 is 2.38 bits per heavy atom. The molecule has 0 saturated heterocycles. The van der Waals surface area contributed by atoms with Gasteiger partial charge in [0.2, 0.25) is 0 Å². The molecule has 46 valence electrons. The third kappa shape index (κ3) is 2.34. The SMILES string of the molecule is CCNC(=O)C(C)=N. The molecule has 0 saturated carbocycles. The second kappa shape index (κ2) is 3.18. The van der Waals surface area contributed by atoms with Crippen molar-refractivity contribution in [2.24, 2.45) is 0 Å². The zero-order valence-electron chi connectivity index (χ0n) is 5.12. The number of amides is 1. The monoisotopic (exact) mass is 114 g/mol. The Morgan fingerprint density at radius 1 is 1.75 bits per heavy atom. The lowest BCUT2D eigenvalue weighted by Crippen LogP contribution is -2.28. The maximum atomic E-state index is 10.4. The largest absolute Gasteiger partial charge is 0.351 e. The summed E-state index contributed by atoms with van der Waals surface area (Å²) in [5.74, 6) is -0.285. The van der Waals surface area contributed by atoms with E-state index in [1.165, 1.54) is 6.92 Å². The quantitative estimate of drug-likeness (QED) is 0.494. The fourth-order valence-corrected chi connectivity index (χ4v) is 0.293. The van der Waals surface area contributed by atoms with Crippen LogP contribution in [0.2, 0.25) is 0 Å². The Kier molecular flexibility index (Phi) is 2.84. The first-order valence-electron chi connectivity index (χ1n) is 2.51. The van der Waals surface area contributed by atoms with E-state index in [1.807, 2.05) is 6.92 Å². The Hall–Kier alpha value is -0.860. The topological polar surface area (TPSA) is 53.0 Å². The van der Waals surface area contributed by atoms with E-state index in [9.17, 15) is 4.79 Å². The lowest BCUT2D eigenvalue weighted by atomic mass is 10.4. The maximum absolute atomic E-state index is 10.4. The number of carbonyl (C=O) groups excluding carboxylic acids is 1. The minimum Gasteiger partial charge on any atom is -0.351 e. The van der Waals surface area contributed by atoms with Gasteiger partial charge in [0.25, 0.3) is 5.91 Å². The van der Waals surface area contributed by atoms with Crippen LogP contribution >= 0.6 is 0 Å². The van der Waals surface area contributed by atoms with Crippen molar-refractivity contribution < 1.29 is 4.79 Å². The fraction of sp³-hybridized carbons (Fsp3) is 0.600. The van der Waals surface area contributed by atoms with Gasteiger partial charge in [0.15, 0.2) is 0 Å². The number of hydrogen-bond donors (Lipinski definition) is 2. The molecule has 0 aromatic carbocycles. The molecule has 0 aromatic rings. The second-order valence-corrected chi connectivity index (χ2v) is 1.48. The summed E-state index contributed by atoms with van der Waals surface area (Å²) in [6.45, 7) is 3.88. The van der Waals surface area contributed by atoms with E-state index in [0.717, 1.165) is 0 Å². The zero-order valence-corrected chi connectivity index (χ0v) is 5.12. The van der Waals surface area contributed by atoms with Crippen molar-refractivity contribution in [3.63, 3.8) is 0 Å². The van der Waals surface area contributed by atoms with E-state index >= 15 is 0 Å². The lowest BCUT2D eigenvalue weighted by molar-refractivity contribution is -0.114. The van der Waals surface area contributed by atoms with Crippen molar-refractivity contribution in [1.82, 2.24) is 5.32 Å². The first-order chi connectivity index (χ1) is 3.68. The third-order valence-corrected chi connectivity index (χ3v) is 0.678. The van der Waals surface area contributed by atoms with Gasteiger partial charge in [-0.2, -0.15) is 0 Å². The second-order valence-electron chi connectivity index (χ2n) is 1.48. The van der Waals surface area contributed by atoms with Gasteiger partial charge in [-0.05, 0) is 13.8 Å². The van der Waals surface area contributed by atoms with E-state index in [4.69, 9.17) is 5.41 Å². The molecule has 3 heteroatoms. The van der Waals surface area contributed by atoms with Gasteiger partial charge in [-0.1, -0.05) is 0 Å². The molecule has 0 spiro atoms. The molecule has 8 heavy (non-hydrogen) atoms. The van der Waals surface area contributed by atoms with Crippen LogP contribution in [-0.4, -0.2) is 18.2 Å². The summed E-state index contributed by atoms with van der Waals surface area (Å²) in [5.41, 5.74) is 0.0619. The van der Waals surface area contributed by atoms with Gasteiger partial charge < -0.3 is 5.32 Å². The highest BCUT2D eigenvalue weighted by atomic mass is 16.1. The van der Waals surface area contributed by atoms with Crippen LogP contribution in [0, 0.1) is 5.41 Å². The van der Waals surface area contributed by atoms with Crippen LogP contribution in [0.3, 0.4) is 0 Å². The molecule has 0 radical (unpaired) electrons. The molecule has 0 aliphatic rings. The summed E-state index contributed by atoms with van der Waals surface area (Å²) in [5, 5.41) is 9.27. The molecule has 3 nitrogen and oxygen atoms in total. The number of nitrogens with one attached hydrogen (secondary N) is 2. The van der Waals surface area contributed by atoms with Crippen LogP contribution in [0.5, 0.6) is 0 Å². The molecule has 0 rings (SSSR count). The highest BCUT2D eigenvalue weighted by Gasteiger charge is 1.97. The Morgan fingerprint density at radius 2 is 2.25 bits per heavy atom. The lowest BCUT2D eigenvalue weighted by Gasteiger charge is -1.95. The molecule has 0 aliphatic carbocycles. The maximum Gasteiger partial charge on any atom is 0.264 e. The summed E-state index contributed by atoms with van der Waals surface area (Å²) in [4.78, 5) is 10.4. The van der Waals surface area contributed by atoms with Crippen molar-refractivity contribution in [1.29, 1.82) is 5.41 Å². The van der Waals surface area contributed by atoms with E-state index in [0.29, 0.717) is 6.54 Å². The predicted octanol–water partition coefficient (Wildman–Crippen LogP) is 0.162. The van der Waals surface area contributed by atoms with Crippen molar-refractivity contribution in [3.8, 4) is 0 Å². The molecule has 0 fully saturated rings. The van der Waals surface area contributed by atoms with E-state index < -0.39 is 0 Å². The molecule has 0 aliphatic heterocycles. The number of rotatable bonds is 2. The van der Waals surface area contributed by atoms with Gasteiger partial charge in [-0.3, -0.25) is 10.2 Å². The predicted molar refractivity (Wildman–Crippen MR) is 32.1 cm³/mol. The zero-order chi connectivity index (χ0) is 6.57. The average Bonchev–Trinajstić information content (AvgIpc) is 1.67. The van der Waals surface area contributed by atoms with Gasteiger partial charge in [0, 0.05) is 6.54 Å². The molecular formula is C5H10N2O. The molecule has 0 bridgehead atoms. The van der Waals surface area contributed by atoms with Crippen molar-refractivity contribution >= 4 is 11.6 Å². The summed E-state index contributed by atoms with van der Waals surface area (Å²) in [7, 11) is 0. The standard InChI is InChI=1S/C5H10N2O/c1-3-7-5(8)4(2)6/h6H,3H2,1-2H3,(H,7,8). The minimum atomic E-state index is -0.285. The van der Waals surface area contributed by atoms with Gasteiger partial charge in [0.05, 0.1) is 5.71 Å². The van der Waals surface area contributed by atoms with Gasteiger partial charge in [-0.25, -0.2) is 0 Å². The highest BCUT2D eigenvalue weighted by molar-refractivity contribution is 6.36. The molecule has 0 atom stereocenters. The van der Waals surface area contributed by atoms with Crippen molar-refractivity contribution in [2.45, 2.75) is 13.8 Å². The first-order valence-corrected chi connectivity index (χ1v) is 2.51. The summed E-state index contributed by atoms with van der Waals surface area (Å²) in [6, 6.07) is 0. The molecule has 0 heterocycles. The molecule has 1 amide bonds. The third-order valence-electron chi connectivity index (χ3n) is 0.678. The molecular weight excluding hydrogens is 104 g/mol. The molecule has 0 aromatic heterocycles. The summed E-state index contributed by atoms with van der Waals surface area (Å²) < 4.78 is 0. The Labute approximate surface area is 48.6 Å². The Balaban J connectivity index is 3.49. The van der Waals surface area contributed by atoms with Crippen LogP contribution in [0.25, 0.3) is 0 Å². The van der Waals surface area contributed by atoms with Gasteiger partial charge in [0.1, 0.15) is 0 Å². The highest BCUT2D eigenvalue weighted by Crippen LogP contribution is 1.67. The smallest absolute Gasteiger partial charge is 0.264 e. The normalized spacial score (nSPS) is 8.25. The Bertz CT molecular complexity index is 109. The number of carbonyl (C=O) groups is 1. The van der Waals surface area contributed by atoms with Crippen LogP contribution in [0.4, 0.5) is 0 Å². The average molecular weight is 114 g/mol. The van der Waals surface area contributed by atoms with Gasteiger partial charge in [-0.15, -0.1) is 0 Å². The molecule has 2 N–H and O–H groups in total. The number of hydrogen-bond acceptors (Lipinski definition) is 2. The van der Waals surface area contributed by atoms with Gasteiger partial charge >= 0.3 is 0 Å². The van der Waals surface area contributed by atoms with Crippen LogP contribution < -0.4 is 5.32 Å². The van der Waals surface area contributed by atoms with E-state index in [1.54, 1.807) is 0 Å². The van der Waals surface area contributed by atoms with E-state index in [-0.39, 0.29) is 11.6 Å². The molecule has 0 unspecified atom stereocenters.